The molecule has 0 fully saturated rings. The number of carbonyl (C=O) groups excluding carboxylic acids is 1. The molecule has 0 unspecified atom stereocenters. The summed E-state index contributed by atoms with van der Waals surface area (Å²) in [6, 6.07) is 33.6. The van der Waals surface area contributed by atoms with Gasteiger partial charge in [0, 0.05) is 11.1 Å². The first-order valence-electron chi connectivity index (χ1n) is 11.3. The molecule has 0 saturated carbocycles. The van der Waals surface area contributed by atoms with Crippen molar-refractivity contribution in [3.63, 3.8) is 0 Å². The normalized spacial score (nSPS) is 10.9. The van der Waals surface area contributed by atoms with Gasteiger partial charge in [-0.3, -0.25) is 9.36 Å². The lowest BCUT2D eigenvalue weighted by Crippen LogP contribution is -2.15. The number of rotatable bonds is 9. The Bertz CT molecular complexity index is 1420. The summed E-state index contributed by atoms with van der Waals surface area (Å²) in [5, 5.41) is 14.5. The molecule has 0 spiro atoms. The van der Waals surface area contributed by atoms with Crippen molar-refractivity contribution in [3.05, 3.63) is 115 Å². The van der Waals surface area contributed by atoms with Crippen molar-refractivity contribution in [2.24, 2.45) is 0 Å². The van der Waals surface area contributed by atoms with Gasteiger partial charge in [0.25, 0.3) is 0 Å². The molecule has 7 heteroatoms. The number of hydrogen-bond acceptors (Lipinski definition) is 5. The van der Waals surface area contributed by atoms with E-state index in [2.05, 4.69) is 27.6 Å². The molecule has 35 heavy (non-hydrogen) atoms. The van der Waals surface area contributed by atoms with Crippen molar-refractivity contribution >= 4 is 34.1 Å². The smallest absolute Gasteiger partial charge is 0.234 e. The lowest BCUT2D eigenvalue weighted by Gasteiger charge is -2.12. The van der Waals surface area contributed by atoms with Crippen LogP contribution in [0.15, 0.2) is 108 Å². The van der Waals surface area contributed by atoms with Crippen molar-refractivity contribution in [2.45, 2.75) is 18.3 Å². The summed E-state index contributed by atoms with van der Waals surface area (Å²) in [4.78, 5) is 12.8. The fourth-order valence-corrected chi connectivity index (χ4v) is 4.53. The molecule has 0 aliphatic heterocycles. The molecular weight excluding hydrogens is 456 g/mol. The highest BCUT2D eigenvalue weighted by Gasteiger charge is 2.16. The number of anilines is 1. The van der Waals surface area contributed by atoms with Crippen LogP contribution in [0.2, 0.25) is 0 Å². The van der Waals surface area contributed by atoms with Crippen LogP contribution in [0.1, 0.15) is 11.4 Å². The minimum Gasteiger partial charge on any atom is -0.486 e. The lowest BCUT2D eigenvalue weighted by atomic mass is 10.1. The van der Waals surface area contributed by atoms with Gasteiger partial charge in [-0.1, -0.05) is 96.7 Å². The average molecular weight is 481 g/mol. The second-order valence-corrected chi connectivity index (χ2v) is 8.88. The number of fused-ring (bicyclic) bond motifs is 1. The molecule has 0 radical (unpaired) electrons. The number of nitrogens with one attached hydrogen (secondary N) is 1. The number of para-hydroxylation sites is 1. The van der Waals surface area contributed by atoms with E-state index < -0.39 is 0 Å². The maximum Gasteiger partial charge on any atom is 0.234 e. The van der Waals surface area contributed by atoms with Gasteiger partial charge in [-0.25, -0.2) is 0 Å². The number of aromatic nitrogens is 3. The van der Waals surface area contributed by atoms with Crippen molar-refractivity contribution in [3.8, 4) is 5.75 Å². The molecule has 6 nitrogen and oxygen atoms in total. The average Bonchev–Trinajstić information content (AvgIpc) is 3.29. The van der Waals surface area contributed by atoms with Gasteiger partial charge < -0.3 is 10.1 Å². The third kappa shape index (κ3) is 5.70. The minimum atomic E-state index is -0.0947. The summed E-state index contributed by atoms with van der Waals surface area (Å²) in [6.45, 7) is 0.876. The van der Waals surface area contributed by atoms with Crippen LogP contribution in [-0.4, -0.2) is 26.4 Å². The number of benzene rings is 4. The zero-order chi connectivity index (χ0) is 23.9. The monoisotopic (exact) mass is 480 g/mol. The van der Waals surface area contributed by atoms with Crippen molar-refractivity contribution in [2.75, 3.05) is 11.1 Å². The number of hydrogen-bond donors (Lipinski definition) is 1. The Kier molecular flexibility index (Phi) is 7.05. The topological polar surface area (TPSA) is 69.0 Å². The molecule has 0 atom stereocenters. The van der Waals surface area contributed by atoms with E-state index in [9.17, 15) is 4.79 Å². The van der Waals surface area contributed by atoms with Gasteiger partial charge in [-0.15, -0.1) is 10.2 Å². The Morgan fingerprint density at radius 1 is 0.829 bits per heavy atom. The molecular formula is C28H24N4O2S. The standard InChI is InChI=1S/C28H24N4O2S/c33-27(29-25-17-9-13-22-12-7-8-16-24(22)25)20-35-28-31-30-26(19-34-23-14-5-2-6-15-23)32(28)18-21-10-3-1-4-11-21/h1-17H,18-20H2,(H,29,33). The van der Waals surface area contributed by atoms with Gasteiger partial charge in [-0.05, 0) is 29.1 Å². The summed E-state index contributed by atoms with van der Waals surface area (Å²) < 4.78 is 7.93. The van der Waals surface area contributed by atoms with Crippen LogP contribution < -0.4 is 10.1 Å². The van der Waals surface area contributed by atoms with Crippen LogP contribution >= 0.6 is 11.8 Å². The van der Waals surface area contributed by atoms with Crippen molar-refractivity contribution in [1.82, 2.24) is 14.8 Å². The van der Waals surface area contributed by atoms with Crippen LogP contribution in [0.5, 0.6) is 5.75 Å². The SMILES string of the molecule is O=C(CSc1nnc(COc2ccccc2)n1Cc1ccccc1)Nc1cccc2ccccc12. The van der Waals surface area contributed by atoms with Crippen molar-refractivity contribution < 1.29 is 9.53 Å². The zero-order valence-corrected chi connectivity index (χ0v) is 19.8. The third-order valence-corrected chi connectivity index (χ3v) is 6.45. The van der Waals surface area contributed by atoms with E-state index in [0.29, 0.717) is 17.5 Å². The van der Waals surface area contributed by atoms with E-state index in [1.807, 2.05) is 95.6 Å². The highest BCUT2D eigenvalue weighted by molar-refractivity contribution is 7.99. The molecule has 174 valence electrons. The maximum atomic E-state index is 12.8. The van der Waals surface area contributed by atoms with Gasteiger partial charge in [-0.2, -0.15) is 0 Å². The predicted octanol–water partition coefficient (Wildman–Crippen LogP) is 5.79. The van der Waals surface area contributed by atoms with Crippen molar-refractivity contribution in [1.29, 1.82) is 0 Å². The van der Waals surface area contributed by atoms with E-state index in [4.69, 9.17) is 4.74 Å². The Balaban J connectivity index is 1.30. The lowest BCUT2D eigenvalue weighted by molar-refractivity contribution is -0.113. The Morgan fingerprint density at radius 3 is 2.37 bits per heavy atom. The van der Waals surface area contributed by atoms with Crippen LogP contribution in [-0.2, 0) is 17.9 Å². The van der Waals surface area contributed by atoms with E-state index in [0.717, 1.165) is 27.8 Å². The molecule has 1 amide bonds. The van der Waals surface area contributed by atoms with Crippen LogP contribution in [0, 0.1) is 0 Å². The van der Waals surface area contributed by atoms with Gasteiger partial charge in [0.05, 0.1) is 12.3 Å². The first kappa shape index (κ1) is 22.7. The van der Waals surface area contributed by atoms with Gasteiger partial charge in [0.2, 0.25) is 5.91 Å². The molecule has 4 aromatic carbocycles. The highest BCUT2D eigenvalue weighted by Crippen LogP contribution is 2.24. The van der Waals surface area contributed by atoms with Crippen LogP contribution in [0.3, 0.4) is 0 Å². The number of amides is 1. The molecule has 1 heterocycles. The quantitative estimate of drug-likeness (QED) is 0.271. The largest absolute Gasteiger partial charge is 0.486 e. The summed E-state index contributed by atoms with van der Waals surface area (Å²) >= 11 is 1.36. The van der Waals surface area contributed by atoms with E-state index in [1.165, 1.54) is 11.8 Å². The van der Waals surface area contributed by atoms with Gasteiger partial charge in [0.1, 0.15) is 12.4 Å². The molecule has 1 N–H and O–H groups in total. The molecule has 0 bridgehead atoms. The first-order valence-corrected chi connectivity index (χ1v) is 12.3. The fourth-order valence-electron chi connectivity index (χ4n) is 3.77. The molecule has 1 aromatic heterocycles. The van der Waals surface area contributed by atoms with E-state index >= 15 is 0 Å². The minimum absolute atomic E-state index is 0.0947. The molecule has 5 aromatic rings. The molecule has 0 aliphatic rings. The highest BCUT2D eigenvalue weighted by atomic mass is 32.2. The summed E-state index contributed by atoms with van der Waals surface area (Å²) in [6.07, 6.45) is 0. The van der Waals surface area contributed by atoms with Crippen LogP contribution in [0.25, 0.3) is 10.8 Å². The van der Waals surface area contributed by atoms with E-state index in [1.54, 1.807) is 0 Å². The number of nitrogens with zero attached hydrogens (tertiary/aromatic N) is 3. The molecule has 5 rings (SSSR count). The van der Waals surface area contributed by atoms with Crippen LogP contribution in [0.4, 0.5) is 5.69 Å². The van der Waals surface area contributed by atoms with Gasteiger partial charge >= 0.3 is 0 Å². The Hall–Kier alpha value is -4.10. The van der Waals surface area contributed by atoms with E-state index in [-0.39, 0.29) is 18.3 Å². The number of thioether (sulfide) groups is 1. The molecule has 0 aliphatic carbocycles. The Morgan fingerprint density at radius 2 is 1.54 bits per heavy atom. The summed E-state index contributed by atoms with van der Waals surface area (Å²) in [5.41, 5.74) is 1.92. The predicted molar refractivity (Wildman–Crippen MR) is 140 cm³/mol. The first-order chi connectivity index (χ1) is 17.3. The third-order valence-electron chi connectivity index (χ3n) is 5.48. The summed E-state index contributed by atoms with van der Waals surface area (Å²) in [7, 11) is 0. The number of ether oxygens (including phenoxy) is 1. The summed E-state index contributed by atoms with van der Waals surface area (Å²) in [5.74, 6) is 1.60. The Labute approximate surface area is 208 Å². The zero-order valence-electron chi connectivity index (χ0n) is 19.0. The maximum absolute atomic E-state index is 12.8. The second-order valence-electron chi connectivity index (χ2n) is 7.94. The van der Waals surface area contributed by atoms with Gasteiger partial charge in [0.15, 0.2) is 11.0 Å². The molecule has 0 saturated heterocycles. The fraction of sp³-hybridized carbons (Fsp3) is 0.107. The number of carbonyl (C=O) groups is 1. The second kappa shape index (κ2) is 10.9.